The van der Waals surface area contributed by atoms with Crippen LogP contribution in [-0.2, 0) is 4.79 Å². The van der Waals surface area contributed by atoms with Gasteiger partial charge in [0.1, 0.15) is 5.38 Å². The lowest BCUT2D eigenvalue weighted by molar-refractivity contribution is -0.133. The summed E-state index contributed by atoms with van der Waals surface area (Å²) in [6, 6.07) is -0.807. The number of alkyl halides is 3. The maximum absolute atomic E-state index is 12.9. The van der Waals surface area contributed by atoms with E-state index in [2.05, 4.69) is 0 Å². The minimum Gasteiger partial charge on any atom is -0.394 e. The molecule has 0 aromatic heterocycles. The quantitative estimate of drug-likeness (QED) is 0.711. The van der Waals surface area contributed by atoms with Crippen molar-refractivity contribution in [3.63, 3.8) is 0 Å². The van der Waals surface area contributed by atoms with Crippen molar-refractivity contribution < 1.29 is 18.7 Å². The first kappa shape index (κ1) is 11.7. The van der Waals surface area contributed by atoms with Gasteiger partial charge in [-0.1, -0.05) is 0 Å². The number of carbonyl (C=O) groups excluding carboxylic acids is 1. The molecule has 1 aliphatic rings. The van der Waals surface area contributed by atoms with Gasteiger partial charge in [0.25, 0.3) is 5.92 Å². The van der Waals surface area contributed by atoms with E-state index in [0.717, 1.165) is 4.90 Å². The zero-order valence-electron chi connectivity index (χ0n) is 7.71. The van der Waals surface area contributed by atoms with Crippen molar-refractivity contribution in [3.05, 3.63) is 0 Å². The van der Waals surface area contributed by atoms with Gasteiger partial charge in [0.15, 0.2) is 0 Å². The van der Waals surface area contributed by atoms with Gasteiger partial charge >= 0.3 is 0 Å². The third kappa shape index (κ3) is 2.33. The lowest BCUT2D eigenvalue weighted by atomic mass is 10.2. The molecule has 3 nitrogen and oxygen atoms in total. The molecule has 1 saturated heterocycles. The Balaban J connectivity index is 2.73. The Labute approximate surface area is 85.6 Å². The van der Waals surface area contributed by atoms with Crippen molar-refractivity contribution in [3.8, 4) is 0 Å². The first-order valence-corrected chi connectivity index (χ1v) is 4.74. The van der Waals surface area contributed by atoms with E-state index in [1.807, 2.05) is 0 Å². The highest BCUT2D eigenvalue weighted by atomic mass is 35.5. The summed E-state index contributed by atoms with van der Waals surface area (Å²) >= 11 is 5.51. The summed E-state index contributed by atoms with van der Waals surface area (Å²) in [6.45, 7) is 0.327. The Kier molecular flexibility index (Phi) is 3.32. The molecule has 6 heteroatoms. The number of halogens is 3. The summed E-state index contributed by atoms with van der Waals surface area (Å²) in [6.07, 6.45) is -0.487. The van der Waals surface area contributed by atoms with Crippen LogP contribution in [0.2, 0.25) is 0 Å². The van der Waals surface area contributed by atoms with E-state index in [0.29, 0.717) is 0 Å². The zero-order valence-corrected chi connectivity index (χ0v) is 8.47. The summed E-state index contributed by atoms with van der Waals surface area (Å²) in [5.41, 5.74) is 0. The van der Waals surface area contributed by atoms with Crippen molar-refractivity contribution in [2.75, 3.05) is 13.2 Å². The van der Waals surface area contributed by atoms with Gasteiger partial charge in [-0.25, -0.2) is 8.78 Å². The summed E-state index contributed by atoms with van der Waals surface area (Å²) in [7, 11) is 0. The summed E-state index contributed by atoms with van der Waals surface area (Å²) < 4.78 is 25.8. The molecule has 0 unspecified atom stereocenters. The molecule has 0 aromatic rings. The molecule has 1 N–H and O–H groups in total. The summed E-state index contributed by atoms with van der Waals surface area (Å²) in [5.74, 6) is -3.46. The number of aliphatic hydroxyl groups excluding tert-OH is 1. The fraction of sp³-hybridized carbons (Fsp3) is 0.875. The molecule has 0 spiro atoms. The minimum absolute atomic E-state index is 0.453. The zero-order chi connectivity index (χ0) is 10.9. The number of rotatable bonds is 2. The van der Waals surface area contributed by atoms with Gasteiger partial charge in [-0.2, -0.15) is 0 Å². The van der Waals surface area contributed by atoms with Crippen LogP contribution in [0.15, 0.2) is 0 Å². The Morgan fingerprint density at radius 3 is 2.79 bits per heavy atom. The summed E-state index contributed by atoms with van der Waals surface area (Å²) in [4.78, 5) is 12.3. The highest BCUT2D eigenvalue weighted by molar-refractivity contribution is 6.30. The first-order chi connectivity index (χ1) is 6.37. The van der Waals surface area contributed by atoms with Gasteiger partial charge < -0.3 is 10.0 Å². The third-order valence-electron chi connectivity index (χ3n) is 2.21. The van der Waals surface area contributed by atoms with Gasteiger partial charge in [-0.05, 0) is 6.92 Å². The topological polar surface area (TPSA) is 40.5 Å². The van der Waals surface area contributed by atoms with Crippen molar-refractivity contribution in [2.45, 2.75) is 30.7 Å². The van der Waals surface area contributed by atoms with Crippen LogP contribution in [0.4, 0.5) is 8.78 Å². The Hall–Kier alpha value is -0.420. The molecule has 1 fully saturated rings. The lowest BCUT2D eigenvalue weighted by Crippen LogP contribution is -2.41. The highest BCUT2D eigenvalue weighted by Crippen LogP contribution is 2.32. The largest absolute Gasteiger partial charge is 0.394 e. The molecular formula is C8H12ClF2NO2. The average Bonchev–Trinajstić information content (AvgIpc) is 2.39. The Morgan fingerprint density at radius 1 is 1.79 bits per heavy atom. The molecule has 1 amide bonds. The fourth-order valence-corrected chi connectivity index (χ4v) is 1.67. The molecule has 1 rings (SSSR count). The first-order valence-electron chi connectivity index (χ1n) is 4.30. The molecule has 2 atom stereocenters. The maximum Gasteiger partial charge on any atom is 0.267 e. The number of nitrogens with zero attached hydrogens (tertiary/aromatic N) is 1. The SMILES string of the molecule is C[C@H](Cl)C(=O)N1CC(F)(F)C[C@H]1CO. The molecule has 1 aliphatic heterocycles. The second-order valence-electron chi connectivity index (χ2n) is 3.48. The average molecular weight is 228 g/mol. The molecule has 0 bridgehead atoms. The number of likely N-dealkylation sites (tertiary alicyclic amines) is 1. The second-order valence-corrected chi connectivity index (χ2v) is 4.13. The smallest absolute Gasteiger partial charge is 0.267 e. The van der Waals surface area contributed by atoms with Crippen LogP contribution in [0.5, 0.6) is 0 Å². The van der Waals surface area contributed by atoms with Crippen molar-refractivity contribution in [1.29, 1.82) is 0 Å². The van der Waals surface area contributed by atoms with Crippen LogP contribution in [0.3, 0.4) is 0 Å². The monoisotopic (exact) mass is 227 g/mol. The van der Waals surface area contributed by atoms with E-state index in [4.69, 9.17) is 16.7 Å². The van der Waals surface area contributed by atoms with Crippen LogP contribution < -0.4 is 0 Å². The van der Waals surface area contributed by atoms with Crippen molar-refractivity contribution in [2.24, 2.45) is 0 Å². The number of aliphatic hydroxyl groups is 1. The Morgan fingerprint density at radius 2 is 2.36 bits per heavy atom. The number of carbonyl (C=O) groups is 1. The van der Waals surface area contributed by atoms with E-state index in [1.54, 1.807) is 0 Å². The molecule has 82 valence electrons. The Bertz CT molecular complexity index is 235. The molecule has 0 aromatic carbocycles. The van der Waals surface area contributed by atoms with Gasteiger partial charge in [-0.15, -0.1) is 11.6 Å². The van der Waals surface area contributed by atoms with E-state index in [-0.39, 0.29) is 0 Å². The third-order valence-corrected chi connectivity index (χ3v) is 2.40. The van der Waals surface area contributed by atoms with Gasteiger partial charge in [0, 0.05) is 6.42 Å². The van der Waals surface area contributed by atoms with Crippen LogP contribution in [0.25, 0.3) is 0 Å². The van der Waals surface area contributed by atoms with Crippen molar-refractivity contribution in [1.82, 2.24) is 4.90 Å². The van der Waals surface area contributed by atoms with Crippen LogP contribution in [0, 0.1) is 0 Å². The molecule has 14 heavy (non-hydrogen) atoms. The fourth-order valence-electron chi connectivity index (χ4n) is 1.55. The molecular weight excluding hydrogens is 216 g/mol. The predicted molar refractivity (Wildman–Crippen MR) is 47.5 cm³/mol. The molecule has 0 aliphatic carbocycles. The van der Waals surface area contributed by atoms with E-state index >= 15 is 0 Å². The maximum atomic E-state index is 12.9. The van der Waals surface area contributed by atoms with E-state index in [1.165, 1.54) is 6.92 Å². The van der Waals surface area contributed by atoms with Crippen LogP contribution >= 0.6 is 11.6 Å². The van der Waals surface area contributed by atoms with Gasteiger partial charge in [0.2, 0.25) is 5.91 Å². The molecule has 1 heterocycles. The van der Waals surface area contributed by atoms with Crippen molar-refractivity contribution >= 4 is 17.5 Å². The number of hydrogen-bond acceptors (Lipinski definition) is 2. The van der Waals surface area contributed by atoms with Crippen LogP contribution in [-0.4, -0.2) is 46.4 Å². The number of amides is 1. The molecule has 0 saturated carbocycles. The lowest BCUT2D eigenvalue weighted by Gasteiger charge is -2.23. The highest BCUT2D eigenvalue weighted by Gasteiger charge is 2.47. The van der Waals surface area contributed by atoms with Gasteiger partial charge in [-0.3, -0.25) is 4.79 Å². The second kappa shape index (κ2) is 3.98. The predicted octanol–water partition coefficient (Wildman–Crippen LogP) is 0.842. The van der Waals surface area contributed by atoms with Gasteiger partial charge in [0.05, 0.1) is 19.2 Å². The summed E-state index contributed by atoms with van der Waals surface area (Å²) in [5, 5.41) is 7.99. The van der Waals surface area contributed by atoms with E-state index in [9.17, 15) is 13.6 Å². The standard InChI is InChI=1S/C8H12ClF2NO2/c1-5(9)7(14)12-4-8(10,11)2-6(12)3-13/h5-6,13H,2-4H2,1H3/t5-,6-/m0/s1. The minimum atomic E-state index is -2.91. The number of hydrogen-bond donors (Lipinski definition) is 1. The van der Waals surface area contributed by atoms with Crippen LogP contribution in [0.1, 0.15) is 13.3 Å². The molecule has 0 radical (unpaired) electrons. The van der Waals surface area contributed by atoms with E-state index < -0.39 is 42.8 Å². The normalized spacial score (nSPS) is 27.8.